The quantitative estimate of drug-likeness (QED) is 0.0902. The van der Waals surface area contributed by atoms with Crippen molar-refractivity contribution in [1.29, 1.82) is 0 Å². The average Bonchev–Trinajstić information content (AvgIpc) is 3.24. The first-order valence-corrected chi connectivity index (χ1v) is 13.2. The van der Waals surface area contributed by atoms with Gasteiger partial charge in [0.25, 0.3) is 11.8 Å². The summed E-state index contributed by atoms with van der Waals surface area (Å²) in [6.07, 6.45) is 0.0684. The van der Waals surface area contributed by atoms with Crippen molar-refractivity contribution >= 4 is 36.8 Å². The number of methoxy groups -OCH3 is 1. The lowest BCUT2D eigenvalue weighted by Crippen LogP contribution is -2.55. The van der Waals surface area contributed by atoms with Gasteiger partial charge in [0, 0.05) is 19.1 Å². The normalized spacial score (nSPS) is 14.7. The van der Waals surface area contributed by atoms with E-state index in [4.69, 9.17) is 4.52 Å². The molecule has 0 aromatic carbocycles. The van der Waals surface area contributed by atoms with E-state index in [0.717, 1.165) is 0 Å². The van der Waals surface area contributed by atoms with E-state index in [1.807, 2.05) is 20.8 Å². The van der Waals surface area contributed by atoms with Crippen molar-refractivity contribution in [1.82, 2.24) is 31.3 Å². The average molecular weight is 521 g/mol. The van der Waals surface area contributed by atoms with Crippen LogP contribution >= 0.6 is 19.0 Å². The minimum absolute atomic E-state index is 0.0684. The van der Waals surface area contributed by atoms with Gasteiger partial charge in [-0.25, -0.2) is 20.6 Å². The van der Waals surface area contributed by atoms with E-state index in [0.29, 0.717) is 10.6 Å². The van der Waals surface area contributed by atoms with Gasteiger partial charge in [0.15, 0.2) is 0 Å². The maximum Gasteiger partial charge on any atom is 0.342 e. The number of carbonyl (C=O) groups excluding carboxylic acids is 3. The monoisotopic (exact) mass is 520 g/mol. The van der Waals surface area contributed by atoms with Crippen molar-refractivity contribution in [3.63, 3.8) is 0 Å². The summed E-state index contributed by atoms with van der Waals surface area (Å²) in [5.41, 5.74) is 6.46. The van der Waals surface area contributed by atoms with Crippen molar-refractivity contribution in [2.45, 2.75) is 59.4 Å². The smallest absolute Gasteiger partial charge is 0.342 e. The molecule has 0 radical (unpaired) electrons. The number of hydrogen-bond acceptors (Lipinski definition) is 9. The van der Waals surface area contributed by atoms with Crippen LogP contribution < -0.4 is 26.3 Å². The number of ether oxygens (including phenoxy) is 1. The van der Waals surface area contributed by atoms with Gasteiger partial charge >= 0.3 is 13.6 Å². The van der Waals surface area contributed by atoms with Gasteiger partial charge in [-0.15, -0.1) is 11.3 Å². The molecule has 0 saturated heterocycles. The van der Waals surface area contributed by atoms with Gasteiger partial charge in [-0.05, 0) is 5.41 Å². The topological polar surface area (TPSA) is 160 Å². The van der Waals surface area contributed by atoms with Crippen LogP contribution in [0, 0.1) is 5.41 Å². The van der Waals surface area contributed by atoms with E-state index in [1.165, 1.54) is 25.6 Å². The van der Waals surface area contributed by atoms with Crippen LogP contribution in [-0.4, -0.2) is 56.2 Å². The van der Waals surface area contributed by atoms with Gasteiger partial charge in [0.2, 0.25) is 0 Å². The molecule has 0 fully saturated rings. The van der Waals surface area contributed by atoms with Gasteiger partial charge in [0.1, 0.15) is 10.9 Å². The predicted octanol–water partition coefficient (Wildman–Crippen LogP) is 1.66. The largest absolute Gasteiger partial charge is 0.469 e. The Kier molecular flexibility index (Phi) is 11.3. The van der Waals surface area contributed by atoms with E-state index >= 15 is 0 Å². The molecule has 5 N–H and O–H groups in total. The van der Waals surface area contributed by atoms with Crippen LogP contribution in [0.5, 0.6) is 0 Å². The molecule has 14 heteroatoms. The molecule has 0 aliphatic carbocycles. The van der Waals surface area contributed by atoms with Gasteiger partial charge in [-0.2, -0.15) is 0 Å². The predicted molar refractivity (Wildman–Crippen MR) is 130 cm³/mol. The van der Waals surface area contributed by atoms with Crippen molar-refractivity contribution in [3.05, 3.63) is 16.1 Å². The Labute approximate surface area is 204 Å². The highest BCUT2D eigenvalue weighted by Crippen LogP contribution is 2.39. The molecule has 0 bridgehead atoms. The number of amides is 2. The number of thiazole rings is 1. The summed E-state index contributed by atoms with van der Waals surface area (Å²) in [5, 5.41) is 8.06. The molecule has 0 aliphatic heterocycles. The molecule has 1 aromatic rings. The summed E-state index contributed by atoms with van der Waals surface area (Å²) in [6, 6.07) is -0.943. The van der Waals surface area contributed by atoms with Crippen LogP contribution in [0.3, 0.4) is 0 Å². The number of nitrogens with zero attached hydrogens (tertiary/aromatic N) is 1. The maximum absolute atomic E-state index is 13.2. The van der Waals surface area contributed by atoms with Crippen molar-refractivity contribution < 1.29 is 28.2 Å². The van der Waals surface area contributed by atoms with Gasteiger partial charge in [0.05, 0.1) is 31.4 Å². The van der Waals surface area contributed by atoms with E-state index in [1.54, 1.807) is 26.3 Å². The first-order chi connectivity index (χ1) is 15.6. The zero-order chi connectivity index (χ0) is 26.2. The number of aromatic nitrogens is 1. The summed E-state index contributed by atoms with van der Waals surface area (Å²) in [5.74, 6) is -1.28. The molecule has 1 heterocycles. The second-order valence-corrected chi connectivity index (χ2v) is 12.4. The van der Waals surface area contributed by atoms with E-state index in [2.05, 4.69) is 36.1 Å². The molecule has 1 unspecified atom stereocenters. The van der Waals surface area contributed by atoms with Crippen LogP contribution in [0.4, 0.5) is 0 Å². The Balaban J connectivity index is 2.76. The molecule has 34 heavy (non-hydrogen) atoms. The molecule has 1 aromatic heterocycles. The van der Waals surface area contributed by atoms with Crippen LogP contribution in [0.2, 0.25) is 0 Å². The van der Waals surface area contributed by atoms with E-state index < -0.39 is 31.0 Å². The molecular formula is C20H37N6O6PS. The summed E-state index contributed by atoms with van der Waals surface area (Å²) in [4.78, 5) is 41.3. The number of hydrogen-bond donors (Lipinski definition) is 5. The number of rotatable bonds is 12. The van der Waals surface area contributed by atoms with Crippen LogP contribution in [0.15, 0.2) is 5.51 Å². The molecule has 12 nitrogen and oxygen atoms in total. The van der Waals surface area contributed by atoms with E-state index in [-0.39, 0.29) is 31.0 Å². The Bertz CT molecular complexity index is 895. The zero-order valence-electron chi connectivity index (χ0n) is 21.0. The lowest BCUT2D eigenvalue weighted by Gasteiger charge is -2.33. The summed E-state index contributed by atoms with van der Waals surface area (Å²) < 4.78 is 22.9. The van der Waals surface area contributed by atoms with Gasteiger partial charge in [-0.1, -0.05) is 41.5 Å². The molecular weight excluding hydrogens is 483 g/mol. The second-order valence-electron chi connectivity index (χ2n) is 9.53. The van der Waals surface area contributed by atoms with Crippen molar-refractivity contribution in [3.8, 4) is 0 Å². The lowest BCUT2D eigenvalue weighted by atomic mass is 9.87. The number of nitrogens with one attached hydrogen (secondary N) is 5. The molecule has 0 spiro atoms. The van der Waals surface area contributed by atoms with Crippen LogP contribution in [0.1, 0.15) is 63.3 Å². The van der Waals surface area contributed by atoms with Crippen molar-refractivity contribution in [2.24, 2.45) is 5.41 Å². The summed E-state index contributed by atoms with van der Waals surface area (Å²) in [6.45, 7) is 11.2. The third-order valence-electron chi connectivity index (χ3n) is 4.60. The summed E-state index contributed by atoms with van der Waals surface area (Å²) >= 11 is 1.22. The Hall–Kier alpha value is -1.89. The Morgan fingerprint density at radius 1 is 1.15 bits per heavy atom. The third-order valence-corrected chi connectivity index (χ3v) is 7.11. The minimum atomic E-state index is -3.73. The zero-order valence-corrected chi connectivity index (χ0v) is 22.7. The first kappa shape index (κ1) is 30.1. The highest BCUT2D eigenvalue weighted by molar-refractivity contribution is 7.54. The second kappa shape index (κ2) is 12.7. The molecule has 2 atom stereocenters. The van der Waals surface area contributed by atoms with Gasteiger partial charge < -0.3 is 14.6 Å². The molecule has 194 valence electrons. The SMILES string of the molecule is COC(=O)CCNNC(=O)[C@H](NP(=O)(NCNC(=O)c1scnc1C(C)(C)C)OC)C(C)(C)C. The number of carbonyl (C=O) groups is 3. The third kappa shape index (κ3) is 9.40. The van der Waals surface area contributed by atoms with Crippen LogP contribution in [0.25, 0.3) is 0 Å². The number of hydrazine groups is 1. The first-order valence-electron chi connectivity index (χ1n) is 10.6. The molecule has 0 saturated carbocycles. The van der Waals surface area contributed by atoms with Gasteiger partial charge in [-0.3, -0.25) is 24.4 Å². The maximum atomic E-state index is 13.2. The minimum Gasteiger partial charge on any atom is -0.469 e. The standard InChI is InChI=1S/C20H37N6O6PS/c1-19(2,3)15-14(34-12-22-15)17(28)21-11-24-33(30,32-8)26-16(20(4,5)6)18(29)25-23-10-9-13(27)31-7/h12,16,23H,9-11H2,1-8H3,(H,21,28)(H,25,29)(H2,24,26,30)/t16-,33?/m0/s1. The highest BCUT2D eigenvalue weighted by Gasteiger charge is 2.37. The molecule has 2 amide bonds. The van der Waals surface area contributed by atoms with Crippen molar-refractivity contribution in [2.75, 3.05) is 27.4 Å². The Morgan fingerprint density at radius 2 is 1.79 bits per heavy atom. The fraction of sp³-hybridized carbons (Fsp3) is 0.700. The van der Waals surface area contributed by atoms with E-state index in [9.17, 15) is 18.9 Å². The molecule has 0 aliphatic rings. The molecule has 1 rings (SSSR count). The van der Waals surface area contributed by atoms with Crippen LogP contribution in [-0.2, 0) is 28.8 Å². The highest BCUT2D eigenvalue weighted by atomic mass is 32.1. The number of esters is 1. The lowest BCUT2D eigenvalue weighted by molar-refractivity contribution is -0.140. The Morgan fingerprint density at radius 3 is 2.32 bits per heavy atom. The fourth-order valence-electron chi connectivity index (χ4n) is 2.71. The summed E-state index contributed by atoms with van der Waals surface area (Å²) in [7, 11) is -1.22. The fourth-order valence-corrected chi connectivity index (χ4v) is 5.08.